The van der Waals surface area contributed by atoms with Gasteiger partial charge in [0.05, 0.1) is 29.4 Å². The van der Waals surface area contributed by atoms with Gasteiger partial charge in [0.15, 0.2) is 11.5 Å². The van der Waals surface area contributed by atoms with E-state index in [1.54, 1.807) is 15.6 Å². The second-order valence-electron chi connectivity index (χ2n) is 8.05. The van der Waals surface area contributed by atoms with Crippen LogP contribution in [0.2, 0.25) is 0 Å². The van der Waals surface area contributed by atoms with E-state index in [0.717, 1.165) is 22.3 Å². The Morgan fingerprint density at radius 1 is 0.939 bits per heavy atom. The zero-order valence-corrected chi connectivity index (χ0v) is 18.6. The summed E-state index contributed by atoms with van der Waals surface area (Å²) in [6, 6.07) is 17.6. The van der Waals surface area contributed by atoms with E-state index in [1.807, 2.05) is 49.4 Å². The average molecular weight is 438 g/mol. The molecule has 0 radical (unpaired) electrons. The highest BCUT2D eigenvalue weighted by atomic mass is 16.1. The molecular weight excluding hydrogens is 414 g/mol. The Morgan fingerprint density at radius 2 is 1.76 bits per heavy atom. The van der Waals surface area contributed by atoms with E-state index in [2.05, 4.69) is 51.5 Å². The van der Waals surface area contributed by atoms with Gasteiger partial charge in [0.2, 0.25) is 5.91 Å². The maximum absolute atomic E-state index is 12.7. The minimum atomic E-state index is -0.126. The first-order chi connectivity index (χ1) is 16.0. The summed E-state index contributed by atoms with van der Waals surface area (Å²) in [6.45, 7) is 6.02. The summed E-state index contributed by atoms with van der Waals surface area (Å²) in [5.41, 5.74) is 5.68. The highest BCUT2D eigenvalue weighted by Gasteiger charge is 2.18. The quantitative estimate of drug-likeness (QED) is 0.447. The second-order valence-corrected chi connectivity index (χ2v) is 8.05. The lowest BCUT2D eigenvalue weighted by Crippen LogP contribution is -2.17. The van der Waals surface area contributed by atoms with Crippen LogP contribution < -0.4 is 5.32 Å². The highest BCUT2D eigenvalue weighted by Crippen LogP contribution is 2.25. The number of benzene rings is 2. The van der Waals surface area contributed by atoms with Gasteiger partial charge >= 0.3 is 0 Å². The van der Waals surface area contributed by atoms with Gasteiger partial charge in [-0.1, -0.05) is 36.4 Å². The second kappa shape index (κ2) is 8.31. The standard InChI is InChI=1S/C25H23N7O/c1-16-9-10-20(11-17(16)2)31-24-21(14-28-31)25(27-15-26-24)32-22(12-18(3)30-32)29-23(33)13-19-7-5-4-6-8-19/h4-12,14-15H,13H2,1-3H3,(H,29,33). The molecule has 0 bridgehead atoms. The van der Waals surface area contributed by atoms with Gasteiger partial charge in [0.25, 0.3) is 0 Å². The van der Waals surface area contributed by atoms with Crippen molar-refractivity contribution in [2.75, 3.05) is 5.32 Å². The molecule has 33 heavy (non-hydrogen) atoms. The van der Waals surface area contributed by atoms with Gasteiger partial charge in [-0.25, -0.2) is 14.6 Å². The summed E-state index contributed by atoms with van der Waals surface area (Å²) in [4.78, 5) is 21.6. The number of hydrogen-bond acceptors (Lipinski definition) is 5. The molecule has 0 saturated heterocycles. The van der Waals surface area contributed by atoms with E-state index in [0.29, 0.717) is 17.3 Å². The number of anilines is 1. The molecule has 0 spiro atoms. The molecule has 5 rings (SSSR count). The van der Waals surface area contributed by atoms with Crippen LogP contribution in [0.3, 0.4) is 0 Å². The number of nitrogens with zero attached hydrogens (tertiary/aromatic N) is 6. The molecule has 0 saturated carbocycles. The van der Waals surface area contributed by atoms with Crippen LogP contribution in [0, 0.1) is 20.8 Å². The minimum Gasteiger partial charge on any atom is -0.310 e. The van der Waals surface area contributed by atoms with Crippen LogP contribution in [0.25, 0.3) is 22.5 Å². The van der Waals surface area contributed by atoms with Crippen LogP contribution in [0.1, 0.15) is 22.4 Å². The maximum atomic E-state index is 12.7. The van der Waals surface area contributed by atoms with Gasteiger partial charge in [-0.15, -0.1) is 0 Å². The normalized spacial score (nSPS) is 11.1. The summed E-state index contributed by atoms with van der Waals surface area (Å²) in [6.07, 6.45) is 3.49. The van der Waals surface area contributed by atoms with E-state index >= 15 is 0 Å². The largest absolute Gasteiger partial charge is 0.310 e. The third-order valence-electron chi connectivity index (χ3n) is 5.59. The molecule has 0 fully saturated rings. The number of hydrogen-bond donors (Lipinski definition) is 1. The summed E-state index contributed by atoms with van der Waals surface area (Å²) in [5.74, 6) is 0.976. The Morgan fingerprint density at radius 3 is 2.55 bits per heavy atom. The van der Waals surface area contributed by atoms with Gasteiger partial charge in [-0.05, 0) is 49.6 Å². The Kier molecular flexibility index (Phi) is 5.18. The summed E-state index contributed by atoms with van der Waals surface area (Å²) in [5, 5.41) is 12.8. The highest BCUT2D eigenvalue weighted by molar-refractivity contribution is 5.92. The molecule has 0 aliphatic carbocycles. The van der Waals surface area contributed by atoms with Crippen LogP contribution >= 0.6 is 0 Å². The van der Waals surface area contributed by atoms with Gasteiger partial charge in [-0.3, -0.25) is 4.79 Å². The van der Waals surface area contributed by atoms with Crippen molar-refractivity contribution in [2.45, 2.75) is 27.2 Å². The Balaban J connectivity index is 1.52. The Hall–Kier alpha value is -4.33. The molecule has 1 amide bonds. The summed E-state index contributed by atoms with van der Waals surface area (Å²) in [7, 11) is 0. The molecule has 5 aromatic rings. The third kappa shape index (κ3) is 3.98. The molecule has 164 valence electrons. The number of carbonyl (C=O) groups excluding carboxylic acids is 1. The third-order valence-corrected chi connectivity index (χ3v) is 5.59. The average Bonchev–Trinajstić information content (AvgIpc) is 3.39. The van der Waals surface area contributed by atoms with E-state index in [4.69, 9.17) is 0 Å². The van der Waals surface area contributed by atoms with Crippen molar-refractivity contribution in [3.05, 3.63) is 89.5 Å². The van der Waals surface area contributed by atoms with Crippen molar-refractivity contribution < 1.29 is 4.79 Å². The fourth-order valence-electron chi connectivity index (χ4n) is 3.77. The molecule has 3 heterocycles. The first-order valence-electron chi connectivity index (χ1n) is 10.7. The monoisotopic (exact) mass is 437 g/mol. The van der Waals surface area contributed by atoms with Gasteiger partial charge in [-0.2, -0.15) is 14.9 Å². The lowest BCUT2D eigenvalue weighted by molar-refractivity contribution is -0.115. The summed E-state index contributed by atoms with van der Waals surface area (Å²) >= 11 is 0. The molecule has 1 N–H and O–H groups in total. The van der Waals surface area contributed by atoms with Crippen molar-refractivity contribution in [1.82, 2.24) is 29.5 Å². The molecule has 0 unspecified atom stereocenters. The fourth-order valence-corrected chi connectivity index (χ4v) is 3.77. The lowest BCUT2D eigenvalue weighted by Gasteiger charge is -2.10. The van der Waals surface area contributed by atoms with Gasteiger partial charge < -0.3 is 5.32 Å². The molecule has 0 aliphatic heterocycles. The smallest absolute Gasteiger partial charge is 0.229 e. The summed E-state index contributed by atoms with van der Waals surface area (Å²) < 4.78 is 3.42. The Labute approximate surface area is 190 Å². The van der Waals surface area contributed by atoms with Crippen molar-refractivity contribution >= 4 is 22.8 Å². The number of aryl methyl sites for hydroxylation is 3. The van der Waals surface area contributed by atoms with Crippen LogP contribution in [0.5, 0.6) is 0 Å². The van der Waals surface area contributed by atoms with Crippen LogP contribution in [0.4, 0.5) is 5.82 Å². The minimum absolute atomic E-state index is 0.126. The zero-order valence-electron chi connectivity index (χ0n) is 18.6. The molecule has 8 nitrogen and oxygen atoms in total. The van der Waals surface area contributed by atoms with Crippen molar-refractivity contribution in [3.63, 3.8) is 0 Å². The number of nitrogens with one attached hydrogen (secondary N) is 1. The molecule has 3 aromatic heterocycles. The number of carbonyl (C=O) groups is 1. The fraction of sp³-hybridized carbons (Fsp3) is 0.160. The predicted octanol–water partition coefficient (Wildman–Crippen LogP) is 4.11. The molecular formula is C25H23N7O. The molecule has 0 atom stereocenters. The van der Waals surface area contributed by atoms with Crippen molar-refractivity contribution in [1.29, 1.82) is 0 Å². The SMILES string of the molecule is Cc1cc(NC(=O)Cc2ccccc2)n(-c2ncnc3c2cnn3-c2ccc(C)c(C)c2)n1. The number of amides is 1. The van der Waals surface area contributed by atoms with Gasteiger partial charge in [0.1, 0.15) is 12.1 Å². The van der Waals surface area contributed by atoms with E-state index in [9.17, 15) is 4.79 Å². The molecule has 8 heteroatoms. The first-order valence-corrected chi connectivity index (χ1v) is 10.7. The van der Waals surface area contributed by atoms with Crippen LogP contribution in [-0.2, 0) is 11.2 Å². The van der Waals surface area contributed by atoms with Crippen molar-refractivity contribution in [3.8, 4) is 11.5 Å². The number of aromatic nitrogens is 6. The molecule has 0 aliphatic rings. The number of rotatable bonds is 5. The molecule has 2 aromatic carbocycles. The van der Waals surface area contributed by atoms with E-state index in [-0.39, 0.29) is 12.3 Å². The first kappa shape index (κ1) is 20.6. The van der Waals surface area contributed by atoms with Gasteiger partial charge in [0, 0.05) is 6.07 Å². The Bertz CT molecular complexity index is 1470. The number of fused-ring (bicyclic) bond motifs is 1. The van der Waals surface area contributed by atoms with Crippen molar-refractivity contribution in [2.24, 2.45) is 0 Å². The maximum Gasteiger partial charge on any atom is 0.229 e. The zero-order chi connectivity index (χ0) is 22.9. The lowest BCUT2D eigenvalue weighted by atomic mass is 10.1. The van der Waals surface area contributed by atoms with E-state index in [1.165, 1.54) is 17.5 Å². The van der Waals surface area contributed by atoms with Crippen LogP contribution in [-0.4, -0.2) is 35.4 Å². The predicted molar refractivity (Wildman–Crippen MR) is 127 cm³/mol. The van der Waals surface area contributed by atoms with Crippen LogP contribution in [0.15, 0.2) is 67.1 Å². The topological polar surface area (TPSA) is 90.5 Å². The van der Waals surface area contributed by atoms with E-state index < -0.39 is 0 Å².